The molecule has 1 aliphatic rings. The van der Waals surface area contributed by atoms with Gasteiger partial charge in [-0.1, -0.05) is 23.2 Å². The van der Waals surface area contributed by atoms with Crippen molar-refractivity contribution in [1.82, 2.24) is 24.6 Å². The highest BCUT2D eigenvalue weighted by Gasteiger charge is 2.34. The zero-order valence-electron chi connectivity index (χ0n) is 16.7. The lowest BCUT2D eigenvalue weighted by Crippen LogP contribution is -2.30. The van der Waals surface area contributed by atoms with Gasteiger partial charge in [0, 0.05) is 31.8 Å². The number of halogens is 2. The molecule has 0 saturated carbocycles. The van der Waals surface area contributed by atoms with Gasteiger partial charge in [-0.15, -0.1) is 0 Å². The second-order valence-corrected chi connectivity index (χ2v) is 8.27. The summed E-state index contributed by atoms with van der Waals surface area (Å²) in [4.78, 5) is 33.1. The van der Waals surface area contributed by atoms with E-state index in [9.17, 15) is 9.59 Å². The fourth-order valence-electron chi connectivity index (χ4n) is 3.28. The van der Waals surface area contributed by atoms with Gasteiger partial charge in [-0.2, -0.15) is 9.78 Å². The molecule has 3 heterocycles. The Bertz CT molecular complexity index is 914. The highest BCUT2D eigenvalue weighted by atomic mass is 35.5. The van der Waals surface area contributed by atoms with Crippen LogP contribution in [0.2, 0.25) is 10.0 Å². The molecule has 156 valence electrons. The van der Waals surface area contributed by atoms with Crippen molar-refractivity contribution in [2.24, 2.45) is 5.92 Å². The first-order valence-corrected chi connectivity index (χ1v) is 10.1. The lowest BCUT2D eigenvalue weighted by Gasteiger charge is -2.18. The van der Waals surface area contributed by atoms with Gasteiger partial charge in [-0.3, -0.25) is 9.59 Å². The molecule has 2 aromatic heterocycles. The van der Waals surface area contributed by atoms with E-state index < -0.39 is 5.92 Å². The minimum Gasteiger partial charge on any atom is -0.342 e. The van der Waals surface area contributed by atoms with Crippen molar-refractivity contribution in [3.05, 3.63) is 34.1 Å². The molecule has 1 aliphatic heterocycles. The molecule has 1 unspecified atom stereocenters. The Labute approximate surface area is 179 Å². The minimum atomic E-state index is -0.404. The lowest BCUT2D eigenvalue weighted by atomic mass is 10.1. The van der Waals surface area contributed by atoms with Gasteiger partial charge in [0.2, 0.25) is 11.8 Å². The summed E-state index contributed by atoms with van der Waals surface area (Å²) in [7, 11) is 3.99. The number of anilines is 1. The molecule has 2 aromatic rings. The molecule has 1 fully saturated rings. The molecule has 29 heavy (non-hydrogen) atoms. The van der Waals surface area contributed by atoms with Crippen LogP contribution in [0.15, 0.2) is 18.3 Å². The number of nitrogens with one attached hydrogen (secondary N) is 1. The van der Waals surface area contributed by atoms with Crippen molar-refractivity contribution in [3.63, 3.8) is 0 Å². The highest BCUT2D eigenvalue weighted by Crippen LogP contribution is 2.26. The Kier molecular flexibility index (Phi) is 6.77. The van der Waals surface area contributed by atoms with Crippen LogP contribution in [-0.2, 0) is 9.59 Å². The Hall–Kier alpha value is -2.16. The molecule has 0 aliphatic carbocycles. The summed E-state index contributed by atoms with van der Waals surface area (Å²) in [6.45, 7) is 3.78. The predicted molar refractivity (Wildman–Crippen MR) is 113 cm³/mol. The van der Waals surface area contributed by atoms with E-state index in [2.05, 4.69) is 20.3 Å². The van der Waals surface area contributed by atoms with E-state index in [4.69, 9.17) is 23.2 Å². The number of hydrogen-bond acceptors (Lipinski definition) is 5. The topological polar surface area (TPSA) is 83.4 Å². The number of nitrogens with zero attached hydrogens (tertiary/aromatic N) is 5. The number of likely N-dealkylation sites (tertiary alicyclic amines) is 1. The summed E-state index contributed by atoms with van der Waals surface area (Å²) in [5.74, 6) is 0.199. The van der Waals surface area contributed by atoms with Gasteiger partial charge in [-0.05, 0) is 40.1 Å². The first-order chi connectivity index (χ1) is 13.7. The van der Waals surface area contributed by atoms with Gasteiger partial charge in [-0.25, -0.2) is 4.98 Å². The molecule has 2 amide bonds. The fraction of sp³-hybridized carbons (Fsp3) is 0.474. The van der Waals surface area contributed by atoms with Crippen molar-refractivity contribution < 1.29 is 9.59 Å². The van der Waals surface area contributed by atoms with Gasteiger partial charge in [0.05, 0.1) is 21.7 Å². The normalized spacial score (nSPS) is 16.7. The van der Waals surface area contributed by atoms with Gasteiger partial charge in [0.25, 0.3) is 0 Å². The van der Waals surface area contributed by atoms with E-state index in [0.29, 0.717) is 40.5 Å². The van der Waals surface area contributed by atoms with Gasteiger partial charge >= 0.3 is 0 Å². The number of pyridine rings is 1. The van der Waals surface area contributed by atoms with Crippen molar-refractivity contribution in [2.75, 3.05) is 39.0 Å². The molecule has 10 heteroatoms. The van der Waals surface area contributed by atoms with E-state index in [0.717, 1.165) is 13.0 Å². The third-order valence-electron chi connectivity index (χ3n) is 4.69. The third-order valence-corrected chi connectivity index (χ3v) is 5.18. The van der Waals surface area contributed by atoms with Gasteiger partial charge in [0.15, 0.2) is 5.82 Å². The lowest BCUT2D eigenvalue weighted by molar-refractivity contribution is -0.128. The van der Waals surface area contributed by atoms with E-state index in [-0.39, 0.29) is 18.2 Å². The van der Waals surface area contributed by atoms with Crippen molar-refractivity contribution in [3.8, 4) is 5.82 Å². The van der Waals surface area contributed by atoms with Crippen LogP contribution in [-0.4, -0.2) is 70.1 Å². The Morgan fingerprint density at radius 1 is 1.34 bits per heavy atom. The van der Waals surface area contributed by atoms with E-state index in [1.165, 1.54) is 10.9 Å². The molecule has 1 atom stereocenters. The van der Waals surface area contributed by atoms with Crippen molar-refractivity contribution >= 4 is 40.8 Å². The highest BCUT2D eigenvalue weighted by molar-refractivity contribution is 6.35. The van der Waals surface area contributed by atoms with Crippen LogP contribution in [0.25, 0.3) is 5.82 Å². The Morgan fingerprint density at radius 2 is 2.10 bits per heavy atom. The fourth-order valence-corrected chi connectivity index (χ4v) is 3.74. The summed E-state index contributed by atoms with van der Waals surface area (Å²) in [5, 5.41) is 7.97. The molecule has 0 radical (unpaired) electrons. The number of hydrogen-bond donors (Lipinski definition) is 1. The number of rotatable bonds is 7. The molecule has 0 bridgehead atoms. The van der Waals surface area contributed by atoms with Crippen LogP contribution in [0.4, 0.5) is 5.82 Å². The minimum absolute atomic E-state index is 0.0102. The Morgan fingerprint density at radius 3 is 2.79 bits per heavy atom. The van der Waals surface area contributed by atoms with Gasteiger partial charge in [0.1, 0.15) is 5.82 Å². The summed E-state index contributed by atoms with van der Waals surface area (Å²) in [6.07, 6.45) is 2.55. The maximum atomic E-state index is 12.8. The monoisotopic (exact) mass is 438 g/mol. The summed E-state index contributed by atoms with van der Waals surface area (Å²) in [6, 6.07) is 3.30. The van der Waals surface area contributed by atoms with E-state index in [1.54, 1.807) is 17.0 Å². The number of aromatic nitrogens is 3. The zero-order chi connectivity index (χ0) is 21.1. The molecule has 3 rings (SSSR count). The van der Waals surface area contributed by atoms with Crippen LogP contribution in [0, 0.1) is 12.8 Å². The smallest absolute Gasteiger partial charge is 0.230 e. The average Bonchev–Trinajstić information content (AvgIpc) is 3.17. The second kappa shape index (κ2) is 9.11. The molecule has 0 aromatic carbocycles. The maximum absolute atomic E-state index is 12.8. The maximum Gasteiger partial charge on any atom is 0.230 e. The number of amides is 2. The SMILES string of the molecule is Cc1cc(NC(=O)C2CC(=O)N(CCCN(C)C)C2)n(-c2ncc(Cl)cc2Cl)n1. The second-order valence-electron chi connectivity index (χ2n) is 7.43. The summed E-state index contributed by atoms with van der Waals surface area (Å²) < 4.78 is 1.47. The average molecular weight is 439 g/mol. The van der Waals surface area contributed by atoms with E-state index in [1.807, 2.05) is 21.0 Å². The molecule has 0 spiro atoms. The summed E-state index contributed by atoms with van der Waals surface area (Å²) >= 11 is 12.2. The predicted octanol–water partition coefficient (Wildman–Crippen LogP) is 2.62. The van der Waals surface area contributed by atoms with Crippen molar-refractivity contribution in [1.29, 1.82) is 0 Å². The summed E-state index contributed by atoms with van der Waals surface area (Å²) in [5.41, 5.74) is 0.695. The molecular weight excluding hydrogens is 415 g/mol. The molecule has 8 nitrogen and oxygen atoms in total. The Balaban J connectivity index is 1.69. The molecular formula is C19H24Cl2N6O2. The van der Waals surface area contributed by atoms with Crippen LogP contribution < -0.4 is 5.32 Å². The first-order valence-electron chi connectivity index (χ1n) is 9.36. The third kappa shape index (κ3) is 5.26. The van der Waals surface area contributed by atoms with Crippen molar-refractivity contribution in [2.45, 2.75) is 19.8 Å². The van der Waals surface area contributed by atoms with Crippen LogP contribution in [0.3, 0.4) is 0 Å². The quantitative estimate of drug-likeness (QED) is 0.717. The molecule has 1 saturated heterocycles. The van der Waals surface area contributed by atoms with Crippen LogP contribution in [0.5, 0.6) is 0 Å². The largest absolute Gasteiger partial charge is 0.342 e. The van der Waals surface area contributed by atoms with Crippen LogP contribution >= 0.6 is 23.2 Å². The number of carbonyl (C=O) groups excluding carboxylic acids is 2. The first kappa shape index (κ1) is 21.5. The van der Waals surface area contributed by atoms with Crippen LogP contribution in [0.1, 0.15) is 18.5 Å². The molecule has 1 N–H and O–H groups in total. The number of carbonyl (C=O) groups is 2. The number of aryl methyl sites for hydroxylation is 1. The zero-order valence-corrected chi connectivity index (χ0v) is 18.2. The standard InChI is InChI=1S/C19H24Cl2N6O2/c1-12-7-16(27(24-12)18-15(21)9-14(20)10-22-18)23-19(29)13-8-17(28)26(11-13)6-4-5-25(2)3/h7,9-10,13H,4-6,8,11H2,1-3H3,(H,23,29). The van der Waals surface area contributed by atoms with Gasteiger partial charge < -0.3 is 15.1 Å². The van der Waals surface area contributed by atoms with E-state index >= 15 is 0 Å².